The van der Waals surface area contributed by atoms with Crippen molar-refractivity contribution in [2.24, 2.45) is 0 Å². The summed E-state index contributed by atoms with van der Waals surface area (Å²) < 4.78 is 32.1. The summed E-state index contributed by atoms with van der Waals surface area (Å²) in [7, 11) is -3.74. The number of H-pyrrole nitrogens is 1. The Morgan fingerprint density at radius 3 is 2.53 bits per heavy atom. The fraction of sp³-hybridized carbons (Fsp3) is 0.375. The second-order valence-corrected chi connectivity index (χ2v) is 12.5. The molecule has 3 heterocycles. The van der Waals surface area contributed by atoms with Crippen LogP contribution in [-0.2, 0) is 16.6 Å². The van der Waals surface area contributed by atoms with Crippen molar-refractivity contribution in [3.63, 3.8) is 0 Å². The predicted octanol–water partition coefficient (Wildman–Crippen LogP) is 4.87. The molecule has 1 fully saturated rings. The maximum atomic E-state index is 13.4. The van der Waals surface area contributed by atoms with Crippen molar-refractivity contribution in [3.05, 3.63) is 71.3 Å². The van der Waals surface area contributed by atoms with Crippen LogP contribution >= 0.6 is 34.8 Å². The van der Waals surface area contributed by atoms with Gasteiger partial charge in [0.2, 0.25) is 10.0 Å². The van der Waals surface area contributed by atoms with Gasteiger partial charge in [0.05, 0.1) is 17.5 Å². The quantitative estimate of drug-likeness (QED) is 0.410. The van der Waals surface area contributed by atoms with Crippen molar-refractivity contribution in [2.45, 2.75) is 47.4 Å². The molecular formula is C24H25Cl3N4O4S. The Kier molecular flexibility index (Phi) is 7.15. The molecule has 0 spiro atoms. The molecule has 2 atom stereocenters. The lowest BCUT2D eigenvalue weighted by Crippen LogP contribution is -2.51. The number of halogens is 3. The summed E-state index contributed by atoms with van der Waals surface area (Å²) >= 11 is 19.0. The molecule has 1 saturated heterocycles. The van der Waals surface area contributed by atoms with Gasteiger partial charge in [0.15, 0.2) is 0 Å². The minimum atomic E-state index is -3.74. The molecule has 0 saturated carbocycles. The number of sulfonamides is 1. The van der Waals surface area contributed by atoms with Crippen LogP contribution in [0.3, 0.4) is 0 Å². The van der Waals surface area contributed by atoms with Crippen molar-refractivity contribution in [3.8, 4) is 5.75 Å². The zero-order valence-electron chi connectivity index (χ0n) is 19.1. The summed E-state index contributed by atoms with van der Waals surface area (Å²) in [6.07, 6.45) is 4.54. The first-order valence-electron chi connectivity index (χ1n) is 11.6. The third-order valence-corrected chi connectivity index (χ3v) is 9.26. The number of hydrogen-bond acceptors (Lipinski definition) is 6. The highest BCUT2D eigenvalue weighted by Crippen LogP contribution is 2.49. The van der Waals surface area contributed by atoms with Gasteiger partial charge in [-0.2, -0.15) is 4.31 Å². The minimum Gasteiger partial charge on any atom is -0.455 e. The number of piperidine rings is 1. The zero-order valence-corrected chi connectivity index (χ0v) is 22.2. The molecule has 5 rings (SSSR count). The Morgan fingerprint density at radius 2 is 1.86 bits per heavy atom. The van der Waals surface area contributed by atoms with Gasteiger partial charge >= 0.3 is 0 Å². The first-order valence-corrected chi connectivity index (χ1v) is 14.1. The first kappa shape index (κ1) is 25.6. The van der Waals surface area contributed by atoms with Crippen molar-refractivity contribution < 1.29 is 18.3 Å². The molecule has 2 N–H and O–H groups in total. The number of fused-ring (bicyclic) bond motifs is 1. The van der Waals surface area contributed by atoms with Crippen LogP contribution in [0.5, 0.6) is 5.75 Å². The first-order chi connectivity index (χ1) is 17.2. The van der Waals surface area contributed by atoms with Gasteiger partial charge < -0.3 is 19.7 Å². The van der Waals surface area contributed by atoms with Gasteiger partial charge in [-0.05, 0) is 55.3 Å². The van der Waals surface area contributed by atoms with E-state index in [1.54, 1.807) is 42.7 Å². The number of aliphatic hydroxyl groups is 1. The number of aliphatic hydroxyl groups excluding tert-OH is 1. The van der Waals surface area contributed by atoms with E-state index in [9.17, 15) is 13.5 Å². The standard InChI is InChI=1S/C24H25Cl3N4O4S/c25-16-4-6-17(7-5-16)31(15-21-28-10-11-29-21)22-19-14-18(36(33,34)30-12-2-1-3-13-30)8-9-20(19)35-24(26,27)23(22)32/h4-11,14,22-23,32H,1-3,12-13,15H2,(H,28,29)/t22-,23+/m1/s1. The summed E-state index contributed by atoms with van der Waals surface area (Å²) in [5.41, 5.74) is 1.14. The number of imidazole rings is 1. The number of rotatable bonds is 6. The van der Waals surface area contributed by atoms with Crippen LogP contribution in [-0.4, -0.2) is 51.5 Å². The van der Waals surface area contributed by atoms with E-state index < -0.39 is 26.7 Å². The monoisotopic (exact) mass is 570 g/mol. The van der Waals surface area contributed by atoms with Crippen LogP contribution in [0.4, 0.5) is 5.69 Å². The van der Waals surface area contributed by atoms with Crippen LogP contribution in [0.1, 0.15) is 36.7 Å². The van der Waals surface area contributed by atoms with Gasteiger partial charge in [-0.25, -0.2) is 13.4 Å². The van der Waals surface area contributed by atoms with E-state index in [1.165, 1.54) is 16.4 Å². The van der Waals surface area contributed by atoms with Crippen molar-refractivity contribution in [1.29, 1.82) is 0 Å². The highest BCUT2D eigenvalue weighted by atomic mass is 35.5. The SMILES string of the molecule is O=S(=O)(c1ccc2c(c1)[C@@H](N(Cc1ncc[nH]1)c1ccc(Cl)cc1)[C@H](O)C(Cl)(Cl)O2)N1CCCCC1. The summed E-state index contributed by atoms with van der Waals surface area (Å²) in [6, 6.07) is 10.7. The lowest BCUT2D eigenvalue weighted by atomic mass is 9.95. The number of ether oxygens (including phenoxy) is 1. The van der Waals surface area contributed by atoms with Crippen LogP contribution in [0.2, 0.25) is 5.02 Å². The Labute approximate surface area is 224 Å². The van der Waals surface area contributed by atoms with E-state index in [0.29, 0.717) is 35.2 Å². The molecule has 2 aromatic carbocycles. The molecular weight excluding hydrogens is 547 g/mol. The minimum absolute atomic E-state index is 0.120. The highest BCUT2D eigenvalue weighted by Gasteiger charge is 2.50. The van der Waals surface area contributed by atoms with Crippen LogP contribution in [0, 0.1) is 0 Å². The number of hydrogen-bond donors (Lipinski definition) is 2. The number of nitrogens with one attached hydrogen (secondary N) is 1. The largest absolute Gasteiger partial charge is 0.455 e. The van der Waals surface area contributed by atoms with E-state index in [1.807, 2.05) is 4.90 Å². The highest BCUT2D eigenvalue weighted by molar-refractivity contribution is 7.89. The van der Waals surface area contributed by atoms with E-state index in [2.05, 4.69) is 9.97 Å². The summed E-state index contributed by atoms with van der Waals surface area (Å²) in [6.45, 7) is 1.19. The molecule has 8 nitrogen and oxygen atoms in total. The predicted molar refractivity (Wildman–Crippen MR) is 139 cm³/mol. The van der Waals surface area contributed by atoms with Gasteiger partial charge in [-0.15, -0.1) is 0 Å². The average molecular weight is 572 g/mol. The van der Waals surface area contributed by atoms with Gasteiger partial charge in [0, 0.05) is 41.8 Å². The topological polar surface area (TPSA) is 98.8 Å². The Morgan fingerprint density at radius 1 is 1.14 bits per heavy atom. The van der Waals surface area contributed by atoms with E-state index in [4.69, 9.17) is 39.5 Å². The Balaban J connectivity index is 1.63. The number of nitrogens with zero attached hydrogens (tertiary/aromatic N) is 3. The molecule has 2 aliphatic heterocycles. The molecule has 36 heavy (non-hydrogen) atoms. The fourth-order valence-corrected chi connectivity index (χ4v) is 6.78. The number of aromatic nitrogens is 2. The number of alkyl halides is 2. The lowest BCUT2D eigenvalue weighted by molar-refractivity contribution is 0.0184. The summed E-state index contributed by atoms with van der Waals surface area (Å²) in [4.78, 5) is 9.36. The van der Waals surface area contributed by atoms with Crippen LogP contribution in [0.25, 0.3) is 0 Å². The number of aromatic amines is 1. The van der Waals surface area contributed by atoms with Crippen molar-refractivity contribution in [1.82, 2.24) is 14.3 Å². The molecule has 2 aliphatic rings. The summed E-state index contributed by atoms with van der Waals surface area (Å²) in [5.74, 6) is 0.906. The van der Waals surface area contributed by atoms with Crippen LogP contribution < -0.4 is 9.64 Å². The summed E-state index contributed by atoms with van der Waals surface area (Å²) in [5, 5.41) is 11.9. The van der Waals surface area contributed by atoms with Crippen LogP contribution in [0.15, 0.2) is 59.8 Å². The number of benzene rings is 2. The molecule has 1 aromatic heterocycles. The smallest absolute Gasteiger partial charge is 0.286 e. The van der Waals surface area contributed by atoms with Crippen molar-refractivity contribution in [2.75, 3.05) is 18.0 Å². The third-order valence-electron chi connectivity index (χ3n) is 6.51. The second kappa shape index (κ2) is 10.0. The van der Waals surface area contributed by atoms with E-state index >= 15 is 0 Å². The Hall–Kier alpha value is -2.01. The Bertz CT molecular complexity index is 1310. The van der Waals surface area contributed by atoms with Gasteiger partial charge in [0.25, 0.3) is 4.52 Å². The molecule has 0 radical (unpaired) electrons. The molecule has 3 aromatic rings. The molecule has 0 aliphatic carbocycles. The molecule has 12 heteroatoms. The van der Waals surface area contributed by atoms with Gasteiger partial charge in [0.1, 0.15) is 17.7 Å². The van der Waals surface area contributed by atoms with Crippen molar-refractivity contribution >= 4 is 50.5 Å². The van der Waals surface area contributed by atoms with E-state index in [0.717, 1.165) is 19.3 Å². The molecule has 0 bridgehead atoms. The fourth-order valence-electron chi connectivity index (χ4n) is 4.69. The molecule has 0 unspecified atom stereocenters. The molecule has 0 amide bonds. The maximum absolute atomic E-state index is 13.4. The number of anilines is 1. The average Bonchev–Trinajstić information content (AvgIpc) is 3.38. The van der Waals surface area contributed by atoms with Gasteiger partial charge in [-0.1, -0.05) is 41.2 Å². The lowest BCUT2D eigenvalue weighted by Gasteiger charge is -2.44. The van der Waals surface area contributed by atoms with E-state index in [-0.39, 0.29) is 17.2 Å². The van der Waals surface area contributed by atoms with Gasteiger partial charge in [-0.3, -0.25) is 0 Å². The zero-order chi connectivity index (χ0) is 25.5. The normalized spacial score (nSPS) is 22.0. The second-order valence-electron chi connectivity index (χ2n) is 8.86. The molecule has 192 valence electrons. The maximum Gasteiger partial charge on any atom is 0.286 e. The third kappa shape index (κ3) is 4.92.